The maximum Gasteiger partial charge on any atom is 0.180 e. The summed E-state index contributed by atoms with van der Waals surface area (Å²) >= 11 is 0. The molecular formula is C20H26ClNO3S. The highest BCUT2D eigenvalue weighted by Gasteiger charge is 2.42. The summed E-state index contributed by atoms with van der Waals surface area (Å²) in [6, 6.07) is 17.1. The fraction of sp³-hybridized carbons (Fsp3) is 0.400. The van der Waals surface area contributed by atoms with Crippen molar-refractivity contribution in [3.63, 3.8) is 0 Å². The molecule has 0 saturated heterocycles. The molecule has 1 heterocycles. The summed E-state index contributed by atoms with van der Waals surface area (Å²) in [5.74, 6) is 0.0385. The van der Waals surface area contributed by atoms with E-state index >= 15 is 0 Å². The van der Waals surface area contributed by atoms with Crippen molar-refractivity contribution in [3.8, 4) is 0 Å². The van der Waals surface area contributed by atoms with Crippen molar-refractivity contribution < 1.29 is 13.2 Å². The standard InChI is InChI=1S/C20H25NO3S.ClH/c1-3-20(14-24-4-2)15-25(22,23)18-13-9-8-12-17(18)19(21-20)16-10-6-5-7-11-16;/h5-13,19,21H,3-4,14-15H2,1-2H3;1H/t19-,20+;/m0./s1. The van der Waals surface area contributed by atoms with Gasteiger partial charge < -0.3 is 4.74 Å². The van der Waals surface area contributed by atoms with Gasteiger partial charge in [0.25, 0.3) is 0 Å². The lowest BCUT2D eigenvalue weighted by molar-refractivity contribution is 0.0800. The molecule has 26 heavy (non-hydrogen) atoms. The van der Waals surface area contributed by atoms with E-state index in [1.54, 1.807) is 12.1 Å². The van der Waals surface area contributed by atoms with Crippen LogP contribution in [0.4, 0.5) is 0 Å². The van der Waals surface area contributed by atoms with Crippen LogP contribution in [0, 0.1) is 0 Å². The summed E-state index contributed by atoms with van der Waals surface area (Å²) in [6.07, 6.45) is 0.670. The molecular weight excluding hydrogens is 370 g/mol. The highest BCUT2D eigenvalue weighted by atomic mass is 35.5. The van der Waals surface area contributed by atoms with Gasteiger partial charge in [-0.05, 0) is 30.5 Å². The maximum atomic E-state index is 13.1. The molecule has 1 aliphatic rings. The summed E-state index contributed by atoms with van der Waals surface area (Å²) in [5.41, 5.74) is 1.25. The number of fused-ring (bicyclic) bond motifs is 1. The van der Waals surface area contributed by atoms with E-state index < -0.39 is 15.4 Å². The van der Waals surface area contributed by atoms with Crippen molar-refractivity contribution in [2.24, 2.45) is 0 Å². The molecule has 6 heteroatoms. The van der Waals surface area contributed by atoms with E-state index in [4.69, 9.17) is 4.74 Å². The zero-order chi connectivity index (χ0) is 17.9. The molecule has 0 amide bonds. The molecule has 2 aromatic carbocycles. The van der Waals surface area contributed by atoms with Crippen LogP contribution in [0.3, 0.4) is 0 Å². The van der Waals surface area contributed by atoms with Crippen LogP contribution < -0.4 is 5.32 Å². The lowest BCUT2D eigenvalue weighted by Crippen LogP contribution is -2.53. The summed E-state index contributed by atoms with van der Waals surface area (Å²) < 4.78 is 31.9. The van der Waals surface area contributed by atoms with Gasteiger partial charge in [0, 0.05) is 6.61 Å². The van der Waals surface area contributed by atoms with Crippen LogP contribution in [0.5, 0.6) is 0 Å². The second kappa shape index (κ2) is 8.53. The van der Waals surface area contributed by atoms with Gasteiger partial charge in [0.15, 0.2) is 9.84 Å². The maximum absolute atomic E-state index is 13.1. The number of benzene rings is 2. The van der Waals surface area contributed by atoms with Gasteiger partial charge in [0.2, 0.25) is 0 Å². The third-order valence-corrected chi connectivity index (χ3v) is 6.85. The number of rotatable bonds is 5. The first-order chi connectivity index (χ1) is 12.0. The highest BCUT2D eigenvalue weighted by Crippen LogP contribution is 2.36. The second-order valence-corrected chi connectivity index (χ2v) is 8.51. The lowest BCUT2D eigenvalue weighted by atomic mass is 9.92. The van der Waals surface area contributed by atoms with Crippen molar-refractivity contribution in [1.82, 2.24) is 5.32 Å². The molecule has 0 fully saturated rings. The molecule has 0 aliphatic carbocycles. The van der Waals surface area contributed by atoms with E-state index in [0.717, 1.165) is 11.1 Å². The first kappa shape index (κ1) is 20.9. The summed E-state index contributed by atoms with van der Waals surface area (Å²) in [6.45, 7) is 4.88. The molecule has 0 saturated carbocycles. The molecule has 1 aliphatic heterocycles. The normalized spacial score (nSPS) is 24.2. The van der Waals surface area contributed by atoms with E-state index in [0.29, 0.717) is 24.5 Å². The highest BCUT2D eigenvalue weighted by molar-refractivity contribution is 7.91. The average molecular weight is 396 g/mol. The Morgan fingerprint density at radius 3 is 2.38 bits per heavy atom. The van der Waals surface area contributed by atoms with Gasteiger partial charge in [-0.25, -0.2) is 8.42 Å². The first-order valence-corrected chi connectivity index (χ1v) is 10.4. The number of nitrogens with one attached hydrogen (secondary N) is 1. The van der Waals surface area contributed by atoms with Gasteiger partial charge in [0.1, 0.15) is 0 Å². The Morgan fingerprint density at radius 2 is 1.73 bits per heavy atom. The van der Waals surface area contributed by atoms with Crippen LogP contribution in [0.25, 0.3) is 0 Å². The molecule has 0 radical (unpaired) electrons. The molecule has 3 rings (SSSR count). The van der Waals surface area contributed by atoms with Crippen molar-refractivity contribution in [1.29, 1.82) is 0 Å². The van der Waals surface area contributed by atoms with E-state index in [2.05, 4.69) is 5.32 Å². The Kier molecular flexibility index (Phi) is 6.86. The Balaban J connectivity index is 0.00000243. The zero-order valence-corrected chi connectivity index (χ0v) is 16.8. The number of halogens is 1. The third kappa shape index (κ3) is 4.12. The quantitative estimate of drug-likeness (QED) is 0.837. The molecule has 1 N–H and O–H groups in total. The minimum Gasteiger partial charge on any atom is -0.380 e. The zero-order valence-electron chi connectivity index (χ0n) is 15.1. The van der Waals surface area contributed by atoms with Crippen LogP contribution in [0.2, 0.25) is 0 Å². The monoisotopic (exact) mass is 395 g/mol. The average Bonchev–Trinajstić information content (AvgIpc) is 2.74. The topological polar surface area (TPSA) is 55.4 Å². The molecule has 2 aromatic rings. The summed E-state index contributed by atoms with van der Waals surface area (Å²) in [7, 11) is -3.41. The van der Waals surface area contributed by atoms with Crippen molar-refractivity contribution in [2.45, 2.75) is 36.7 Å². The van der Waals surface area contributed by atoms with Crippen molar-refractivity contribution in [3.05, 3.63) is 65.7 Å². The predicted molar refractivity (Wildman–Crippen MR) is 107 cm³/mol. The molecule has 0 bridgehead atoms. The Morgan fingerprint density at radius 1 is 1.08 bits per heavy atom. The SMILES string of the molecule is CCOC[C@]1(CC)CS(=O)(=O)c2ccccc2[C@H](c2ccccc2)N1.Cl. The van der Waals surface area contributed by atoms with E-state index in [-0.39, 0.29) is 24.2 Å². The number of hydrogen-bond acceptors (Lipinski definition) is 4. The minimum absolute atomic E-state index is 0. The van der Waals surface area contributed by atoms with E-state index in [9.17, 15) is 8.42 Å². The fourth-order valence-corrected chi connectivity index (χ4v) is 5.55. The van der Waals surface area contributed by atoms with Crippen LogP contribution in [-0.2, 0) is 14.6 Å². The largest absolute Gasteiger partial charge is 0.380 e. The number of hydrogen-bond donors (Lipinski definition) is 1. The van der Waals surface area contributed by atoms with Gasteiger partial charge in [-0.2, -0.15) is 0 Å². The van der Waals surface area contributed by atoms with Gasteiger partial charge >= 0.3 is 0 Å². The Labute approximate surface area is 162 Å². The predicted octanol–water partition coefficient (Wildman–Crippen LogP) is 3.76. The van der Waals surface area contributed by atoms with Crippen LogP contribution in [-0.4, -0.2) is 32.9 Å². The molecule has 142 valence electrons. The van der Waals surface area contributed by atoms with Gasteiger partial charge in [0.05, 0.1) is 28.8 Å². The minimum atomic E-state index is -3.41. The van der Waals surface area contributed by atoms with Gasteiger partial charge in [-0.3, -0.25) is 5.32 Å². The molecule has 4 nitrogen and oxygen atoms in total. The lowest BCUT2D eigenvalue weighted by Gasteiger charge is -2.35. The Hall–Kier alpha value is -1.40. The van der Waals surface area contributed by atoms with Gasteiger partial charge in [-0.1, -0.05) is 55.5 Å². The number of ether oxygens (including phenoxy) is 1. The molecule has 0 unspecified atom stereocenters. The molecule has 2 atom stereocenters. The second-order valence-electron chi connectivity index (χ2n) is 6.56. The smallest absolute Gasteiger partial charge is 0.180 e. The fourth-order valence-electron chi connectivity index (χ4n) is 3.46. The van der Waals surface area contributed by atoms with Crippen LogP contribution >= 0.6 is 12.4 Å². The summed E-state index contributed by atoms with van der Waals surface area (Å²) in [5, 5.41) is 3.64. The van der Waals surface area contributed by atoms with Crippen LogP contribution in [0.1, 0.15) is 37.4 Å². The first-order valence-electron chi connectivity index (χ1n) is 8.73. The van der Waals surface area contributed by atoms with E-state index in [1.165, 1.54) is 0 Å². The van der Waals surface area contributed by atoms with E-state index in [1.807, 2.05) is 56.3 Å². The molecule has 0 spiro atoms. The van der Waals surface area contributed by atoms with Crippen molar-refractivity contribution in [2.75, 3.05) is 19.0 Å². The number of sulfone groups is 1. The third-order valence-electron chi connectivity index (χ3n) is 4.87. The van der Waals surface area contributed by atoms with Gasteiger partial charge in [-0.15, -0.1) is 12.4 Å². The Bertz CT molecular complexity index is 826. The van der Waals surface area contributed by atoms with Crippen LogP contribution in [0.15, 0.2) is 59.5 Å². The molecule has 0 aromatic heterocycles. The van der Waals surface area contributed by atoms with Crippen molar-refractivity contribution >= 4 is 22.2 Å². The summed E-state index contributed by atoms with van der Waals surface area (Å²) in [4.78, 5) is 0.420.